The van der Waals surface area contributed by atoms with Gasteiger partial charge in [-0.2, -0.15) is 0 Å². The van der Waals surface area contributed by atoms with Gasteiger partial charge in [0.1, 0.15) is 0 Å². The molecule has 3 N–H and O–H groups in total. The van der Waals surface area contributed by atoms with Crippen LogP contribution in [0.15, 0.2) is 77.7 Å². The van der Waals surface area contributed by atoms with Gasteiger partial charge in [0.2, 0.25) is 10.0 Å². The highest BCUT2D eigenvalue weighted by Crippen LogP contribution is 2.20. The maximum absolute atomic E-state index is 12.7. The number of rotatable bonds is 7. The van der Waals surface area contributed by atoms with Gasteiger partial charge in [0.15, 0.2) is 0 Å². The van der Waals surface area contributed by atoms with Crippen molar-refractivity contribution in [2.75, 3.05) is 17.2 Å². The van der Waals surface area contributed by atoms with E-state index in [1.165, 1.54) is 24.3 Å². The summed E-state index contributed by atoms with van der Waals surface area (Å²) in [6.07, 6.45) is 0. The van der Waals surface area contributed by atoms with Gasteiger partial charge in [-0.25, -0.2) is 13.1 Å². The van der Waals surface area contributed by atoms with Crippen LogP contribution in [-0.4, -0.2) is 26.8 Å². The largest absolute Gasteiger partial charge is 0.322 e. The second-order valence-electron chi connectivity index (χ2n) is 6.83. The standard InChI is InChI=1S/C23H23N3O4S/c1-3-24-31(29,30)20-13-11-19(12-14-20)25-23(28)18-10-9-16(2)21(15-18)26-22(27)17-7-5-4-6-8-17/h4-15,24H,3H2,1-2H3,(H,25,28)(H,26,27). The number of hydrogen-bond acceptors (Lipinski definition) is 4. The third-order valence-electron chi connectivity index (χ3n) is 4.54. The van der Waals surface area contributed by atoms with Gasteiger partial charge in [-0.3, -0.25) is 9.59 Å². The van der Waals surface area contributed by atoms with Gasteiger partial charge in [0.25, 0.3) is 11.8 Å². The van der Waals surface area contributed by atoms with Crippen molar-refractivity contribution < 1.29 is 18.0 Å². The molecular weight excluding hydrogens is 414 g/mol. The van der Waals surface area contributed by atoms with Gasteiger partial charge in [-0.1, -0.05) is 31.2 Å². The average Bonchev–Trinajstić information content (AvgIpc) is 2.76. The van der Waals surface area contributed by atoms with E-state index in [1.54, 1.807) is 49.4 Å². The van der Waals surface area contributed by atoms with Crippen molar-refractivity contribution in [3.05, 3.63) is 89.5 Å². The Morgan fingerprint density at radius 1 is 0.806 bits per heavy atom. The Balaban J connectivity index is 1.74. The Morgan fingerprint density at radius 2 is 1.45 bits per heavy atom. The molecule has 2 amide bonds. The lowest BCUT2D eigenvalue weighted by Gasteiger charge is -2.12. The van der Waals surface area contributed by atoms with Gasteiger partial charge < -0.3 is 10.6 Å². The maximum atomic E-state index is 12.7. The van der Waals surface area contributed by atoms with Crippen LogP contribution in [0.3, 0.4) is 0 Å². The summed E-state index contributed by atoms with van der Waals surface area (Å²) in [6.45, 7) is 3.83. The first-order valence-corrected chi connectivity index (χ1v) is 11.2. The first-order valence-electron chi connectivity index (χ1n) is 9.68. The van der Waals surface area contributed by atoms with Crippen LogP contribution >= 0.6 is 0 Å². The molecule has 3 aromatic rings. The lowest BCUT2D eigenvalue weighted by Crippen LogP contribution is -2.23. The summed E-state index contributed by atoms with van der Waals surface area (Å²) in [7, 11) is -3.56. The normalized spacial score (nSPS) is 11.0. The van der Waals surface area contributed by atoms with Crippen molar-refractivity contribution in [2.24, 2.45) is 0 Å². The Hall–Kier alpha value is -3.49. The lowest BCUT2D eigenvalue weighted by atomic mass is 10.1. The smallest absolute Gasteiger partial charge is 0.255 e. The summed E-state index contributed by atoms with van der Waals surface area (Å²) < 4.78 is 26.4. The van der Waals surface area contributed by atoms with Crippen molar-refractivity contribution >= 4 is 33.2 Å². The van der Waals surface area contributed by atoms with Crippen molar-refractivity contribution in [3.8, 4) is 0 Å². The summed E-state index contributed by atoms with van der Waals surface area (Å²) >= 11 is 0. The van der Waals surface area contributed by atoms with Crippen LogP contribution in [0, 0.1) is 6.92 Å². The van der Waals surface area contributed by atoms with E-state index < -0.39 is 10.0 Å². The van der Waals surface area contributed by atoms with Gasteiger partial charge in [0, 0.05) is 29.0 Å². The quantitative estimate of drug-likeness (QED) is 0.523. The van der Waals surface area contributed by atoms with E-state index in [0.717, 1.165) is 5.56 Å². The van der Waals surface area contributed by atoms with Crippen LogP contribution in [0.2, 0.25) is 0 Å². The first-order chi connectivity index (χ1) is 14.8. The number of carbonyl (C=O) groups is 2. The monoisotopic (exact) mass is 437 g/mol. The van der Waals surface area contributed by atoms with E-state index >= 15 is 0 Å². The summed E-state index contributed by atoms with van der Waals surface area (Å²) in [5.41, 5.74) is 2.69. The van der Waals surface area contributed by atoms with Gasteiger partial charge in [-0.15, -0.1) is 0 Å². The second kappa shape index (κ2) is 9.55. The Bertz CT molecular complexity index is 1190. The third-order valence-corrected chi connectivity index (χ3v) is 6.10. The Kier molecular flexibility index (Phi) is 6.84. The zero-order valence-corrected chi connectivity index (χ0v) is 18.0. The summed E-state index contributed by atoms with van der Waals surface area (Å²) in [5, 5.41) is 5.56. The number of hydrogen-bond donors (Lipinski definition) is 3. The van der Waals surface area contributed by atoms with E-state index in [1.807, 2.05) is 13.0 Å². The predicted molar refractivity (Wildman–Crippen MR) is 121 cm³/mol. The fraction of sp³-hybridized carbons (Fsp3) is 0.130. The second-order valence-corrected chi connectivity index (χ2v) is 8.60. The molecule has 31 heavy (non-hydrogen) atoms. The minimum absolute atomic E-state index is 0.119. The summed E-state index contributed by atoms with van der Waals surface area (Å²) in [4.78, 5) is 25.2. The van der Waals surface area contributed by atoms with Crippen molar-refractivity contribution in [3.63, 3.8) is 0 Å². The van der Waals surface area contributed by atoms with Crippen LogP contribution in [-0.2, 0) is 10.0 Å². The minimum atomic E-state index is -3.56. The van der Waals surface area contributed by atoms with Crippen molar-refractivity contribution in [2.45, 2.75) is 18.7 Å². The molecule has 7 nitrogen and oxygen atoms in total. The average molecular weight is 438 g/mol. The van der Waals surface area contributed by atoms with Crippen LogP contribution < -0.4 is 15.4 Å². The molecule has 0 heterocycles. The molecule has 0 bridgehead atoms. The van der Waals surface area contributed by atoms with Crippen molar-refractivity contribution in [1.29, 1.82) is 0 Å². The highest BCUT2D eigenvalue weighted by atomic mass is 32.2. The molecule has 0 aliphatic rings. The molecule has 0 fully saturated rings. The highest BCUT2D eigenvalue weighted by molar-refractivity contribution is 7.89. The van der Waals surface area contributed by atoms with Gasteiger partial charge >= 0.3 is 0 Å². The predicted octanol–water partition coefficient (Wildman–Crippen LogP) is 3.80. The van der Waals surface area contributed by atoms with E-state index in [0.29, 0.717) is 22.5 Å². The number of anilines is 2. The van der Waals surface area contributed by atoms with E-state index in [2.05, 4.69) is 15.4 Å². The maximum Gasteiger partial charge on any atom is 0.255 e. The SMILES string of the molecule is CCNS(=O)(=O)c1ccc(NC(=O)c2ccc(C)c(NC(=O)c3ccccc3)c2)cc1. The van der Waals surface area contributed by atoms with Gasteiger partial charge in [-0.05, 0) is 61.0 Å². The molecule has 0 aliphatic heterocycles. The van der Waals surface area contributed by atoms with Crippen LogP contribution in [0.25, 0.3) is 0 Å². The number of sulfonamides is 1. The molecule has 0 aliphatic carbocycles. The van der Waals surface area contributed by atoms with Crippen LogP contribution in [0.4, 0.5) is 11.4 Å². The van der Waals surface area contributed by atoms with Gasteiger partial charge in [0.05, 0.1) is 4.90 Å². The molecule has 0 atom stereocenters. The first kappa shape index (κ1) is 22.2. The number of nitrogens with one attached hydrogen (secondary N) is 3. The molecule has 160 valence electrons. The Morgan fingerprint density at radius 3 is 2.10 bits per heavy atom. The molecule has 3 rings (SSSR count). The highest BCUT2D eigenvalue weighted by Gasteiger charge is 2.14. The summed E-state index contributed by atoms with van der Waals surface area (Å²) in [5.74, 6) is -0.642. The van der Waals surface area contributed by atoms with Crippen LogP contribution in [0.5, 0.6) is 0 Å². The van der Waals surface area contributed by atoms with Crippen LogP contribution in [0.1, 0.15) is 33.2 Å². The number of benzene rings is 3. The van der Waals surface area contributed by atoms with E-state index in [4.69, 9.17) is 0 Å². The molecule has 0 unspecified atom stereocenters. The molecule has 8 heteroatoms. The third kappa shape index (κ3) is 5.56. The zero-order valence-electron chi connectivity index (χ0n) is 17.2. The number of carbonyl (C=O) groups excluding carboxylic acids is 2. The number of amides is 2. The molecular formula is C23H23N3O4S. The molecule has 3 aromatic carbocycles. The summed E-state index contributed by atoms with van der Waals surface area (Å²) in [6, 6.07) is 19.7. The molecule has 0 saturated carbocycles. The lowest BCUT2D eigenvalue weighted by molar-refractivity contribution is 0.101. The topological polar surface area (TPSA) is 104 Å². The minimum Gasteiger partial charge on any atom is -0.322 e. The fourth-order valence-corrected chi connectivity index (χ4v) is 3.92. The molecule has 0 radical (unpaired) electrons. The fourth-order valence-electron chi connectivity index (χ4n) is 2.88. The molecule has 0 aromatic heterocycles. The van der Waals surface area contributed by atoms with E-state index in [9.17, 15) is 18.0 Å². The Labute approximate surface area is 181 Å². The van der Waals surface area contributed by atoms with E-state index in [-0.39, 0.29) is 23.3 Å². The molecule has 0 spiro atoms. The zero-order chi connectivity index (χ0) is 22.4. The van der Waals surface area contributed by atoms with Crippen molar-refractivity contribution in [1.82, 2.24) is 4.72 Å². The molecule has 0 saturated heterocycles. The number of aryl methyl sites for hydroxylation is 1.